The van der Waals surface area contributed by atoms with Crippen LogP contribution in [-0.4, -0.2) is 62.7 Å². The lowest BCUT2D eigenvalue weighted by molar-refractivity contribution is -0.141. The summed E-state index contributed by atoms with van der Waals surface area (Å²) in [5.74, 6) is 0.143. The number of hydrogen-bond donors (Lipinski definition) is 1. The number of carbonyl (C=O) groups is 2. The molecule has 3 rings (SSSR count). The Bertz CT molecular complexity index is 1370. The van der Waals surface area contributed by atoms with Gasteiger partial charge in [-0.2, -0.15) is 4.31 Å². The van der Waals surface area contributed by atoms with Gasteiger partial charge in [0.1, 0.15) is 11.8 Å². The third-order valence-corrected chi connectivity index (χ3v) is 8.14. The number of methoxy groups -OCH3 is 1. The van der Waals surface area contributed by atoms with Crippen molar-refractivity contribution < 1.29 is 22.7 Å². The van der Waals surface area contributed by atoms with E-state index in [2.05, 4.69) is 5.32 Å². The molecule has 38 heavy (non-hydrogen) atoms. The number of benzene rings is 3. The zero-order valence-electron chi connectivity index (χ0n) is 22.7. The topological polar surface area (TPSA) is 96.0 Å². The number of carbonyl (C=O) groups excluding carboxylic acids is 2. The SMILES string of the molecule is CC[C@H](C(=O)NCC(C)C)N(Cc1cccc(OC)c1)C(=O)CN(C)S(=O)(=O)c1ccc2ccccc2c1. The Kier molecular flexibility index (Phi) is 9.88. The first kappa shape index (κ1) is 29.1. The van der Waals surface area contributed by atoms with Crippen molar-refractivity contribution in [1.29, 1.82) is 0 Å². The molecule has 1 N–H and O–H groups in total. The second-order valence-electron chi connectivity index (χ2n) is 9.71. The molecule has 0 aliphatic heterocycles. The Labute approximate surface area is 225 Å². The molecule has 0 aliphatic rings. The molecular weight excluding hydrogens is 502 g/mol. The van der Waals surface area contributed by atoms with Crippen molar-refractivity contribution in [3.8, 4) is 5.75 Å². The van der Waals surface area contributed by atoms with Crippen LogP contribution in [0.1, 0.15) is 32.8 Å². The van der Waals surface area contributed by atoms with Gasteiger partial charge < -0.3 is 15.0 Å². The number of ether oxygens (including phenoxy) is 1. The maximum Gasteiger partial charge on any atom is 0.243 e. The molecule has 3 aromatic carbocycles. The molecule has 0 aromatic heterocycles. The fraction of sp³-hybridized carbons (Fsp3) is 0.379. The van der Waals surface area contributed by atoms with Crippen molar-refractivity contribution in [2.24, 2.45) is 5.92 Å². The molecule has 0 saturated heterocycles. The standard InChI is InChI=1S/C29H37N3O5S/c1-6-27(29(34)30-18-21(2)3)32(19-22-10-9-13-25(16-22)37-5)28(33)20-31(4)38(35,36)26-15-14-23-11-7-8-12-24(23)17-26/h7-17,21,27H,6,18-20H2,1-5H3,(H,30,34)/t27-/m1/s1. The molecule has 0 aliphatic carbocycles. The fourth-order valence-electron chi connectivity index (χ4n) is 4.18. The molecule has 8 nitrogen and oxygen atoms in total. The highest BCUT2D eigenvalue weighted by Gasteiger charge is 2.32. The van der Waals surface area contributed by atoms with E-state index in [1.54, 1.807) is 37.4 Å². The van der Waals surface area contributed by atoms with Gasteiger partial charge in [-0.05, 0) is 52.9 Å². The number of nitrogens with zero attached hydrogens (tertiary/aromatic N) is 2. The summed E-state index contributed by atoms with van der Waals surface area (Å²) in [5.41, 5.74) is 0.771. The van der Waals surface area contributed by atoms with Crippen LogP contribution >= 0.6 is 0 Å². The van der Waals surface area contributed by atoms with Gasteiger partial charge in [0.05, 0.1) is 18.6 Å². The van der Waals surface area contributed by atoms with Crippen LogP contribution in [-0.2, 0) is 26.2 Å². The van der Waals surface area contributed by atoms with Crippen molar-refractivity contribution in [2.75, 3.05) is 27.2 Å². The zero-order valence-corrected chi connectivity index (χ0v) is 23.5. The predicted molar refractivity (Wildman–Crippen MR) is 149 cm³/mol. The molecule has 3 aromatic rings. The molecule has 0 radical (unpaired) electrons. The van der Waals surface area contributed by atoms with Gasteiger partial charge in [0.2, 0.25) is 21.8 Å². The van der Waals surface area contributed by atoms with Crippen molar-refractivity contribution in [3.05, 3.63) is 72.3 Å². The van der Waals surface area contributed by atoms with E-state index in [9.17, 15) is 18.0 Å². The quantitative estimate of drug-likeness (QED) is 0.375. The van der Waals surface area contributed by atoms with E-state index >= 15 is 0 Å². The summed E-state index contributed by atoms with van der Waals surface area (Å²) in [4.78, 5) is 28.3. The summed E-state index contributed by atoms with van der Waals surface area (Å²) in [5, 5.41) is 4.63. The predicted octanol–water partition coefficient (Wildman–Crippen LogP) is 4.05. The minimum absolute atomic E-state index is 0.104. The molecule has 0 spiro atoms. The normalized spacial score (nSPS) is 12.5. The summed E-state index contributed by atoms with van der Waals surface area (Å²) in [6, 6.07) is 18.9. The van der Waals surface area contributed by atoms with Gasteiger partial charge in [-0.15, -0.1) is 0 Å². The summed E-state index contributed by atoms with van der Waals surface area (Å²) < 4.78 is 33.1. The highest BCUT2D eigenvalue weighted by atomic mass is 32.2. The summed E-state index contributed by atoms with van der Waals surface area (Å²) in [6.45, 7) is 6.02. The first-order valence-corrected chi connectivity index (χ1v) is 14.2. The molecule has 0 unspecified atom stereocenters. The minimum atomic E-state index is -3.95. The van der Waals surface area contributed by atoms with Crippen LogP contribution in [0.25, 0.3) is 10.8 Å². The molecule has 9 heteroatoms. The second kappa shape index (κ2) is 12.9. The van der Waals surface area contributed by atoms with Crippen LogP contribution < -0.4 is 10.1 Å². The molecule has 1 atom stereocenters. The lowest BCUT2D eigenvalue weighted by Gasteiger charge is -2.32. The Morgan fingerprint density at radius 3 is 2.34 bits per heavy atom. The van der Waals surface area contributed by atoms with Crippen molar-refractivity contribution in [3.63, 3.8) is 0 Å². The largest absolute Gasteiger partial charge is 0.497 e. The van der Waals surface area contributed by atoms with E-state index in [1.807, 2.05) is 57.2 Å². The van der Waals surface area contributed by atoms with Crippen molar-refractivity contribution in [2.45, 2.75) is 44.7 Å². The average Bonchev–Trinajstić information content (AvgIpc) is 2.91. The van der Waals surface area contributed by atoms with Crippen LogP contribution in [0.3, 0.4) is 0 Å². The van der Waals surface area contributed by atoms with Gasteiger partial charge in [-0.3, -0.25) is 9.59 Å². The van der Waals surface area contributed by atoms with Crippen LogP contribution in [0.5, 0.6) is 5.75 Å². The summed E-state index contributed by atoms with van der Waals surface area (Å²) in [7, 11) is -1.01. The van der Waals surface area contributed by atoms with Gasteiger partial charge in [-0.25, -0.2) is 8.42 Å². The van der Waals surface area contributed by atoms with Crippen LogP contribution in [0.4, 0.5) is 0 Å². The number of nitrogens with one attached hydrogen (secondary N) is 1. The average molecular weight is 540 g/mol. The van der Waals surface area contributed by atoms with Crippen molar-refractivity contribution >= 4 is 32.6 Å². The Balaban J connectivity index is 1.88. The number of sulfonamides is 1. The van der Waals surface area contributed by atoms with E-state index in [1.165, 1.54) is 11.9 Å². The first-order valence-electron chi connectivity index (χ1n) is 12.7. The number of amides is 2. The van der Waals surface area contributed by atoms with E-state index in [-0.39, 0.29) is 23.3 Å². The third kappa shape index (κ3) is 7.11. The maximum absolute atomic E-state index is 13.7. The first-order chi connectivity index (χ1) is 18.1. The van der Waals surface area contributed by atoms with E-state index in [0.717, 1.165) is 20.6 Å². The number of likely N-dealkylation sites (N-methyl/N-ethyl adjacent to an activating group) is 1. The second-order valence-corrected chi connectivity index (χ2v) is 11.8. The highest BCUT2D eigenvalue weighted by molar-refractivity contribution is 7.89. The van der Waals surface area contributed by atoms with Gasteiger partial charge in [0.25, 0.3) is 0 Å². The third-order valence-electron chi connectivity index (χ3n) is 6.34. The van der Waals surface area contributed by atoms with Crippen LogP contribution in [0.2, 0.25) is 0 Å². The van der Waals surface area contributed by atoms with Gasteiger partial charge in [0.15, 0.2) is 0 Å². The molecule has 0 fully saturated rings. The van der Waals surface area contributed by atoms with Gasteiger partial charge >= 0.3 is 0 Å². The number of rotatable bonds is 12. The minimum Gasteiger partial charge on any atom is -0.497 e. The van der Waals surface area contributed by atoms with Crippen molar-refractivity contribution in [1.82, 2.24) is 14.5 Å². The lowest BCUT2D eigenvalue weighted by Crippen LogP contribution is -2.52. The molecular formula is C29H37N3O5S. The van der Waals surface area contributed by atoms with E-state index in [0.29, 0.717) is 18.7 Å². The molecule has 2 amide bonds. The molecule has 0 heterocycles. The smallest absolute Gasteiger partial charge is 0.243 e. The molecule has 204 valence electrons. The molecule has 0 saturated carbocycles. The summed E-state index contributed by atoms with van der Waals surface area (Å²) in [6.07, 6.45) is 0.376. The van der Waals surface area contributed by atoms with Gasteiger partial charge in [0, 0.05) is 20.1 Å². The lowest BCUT2D eigenvalue weighted by atomic mass is 10.1. The molecule has 0 bridgehead atoms. The highest BCUT2D eigenvalue weighted by Crippen LogP contribution is 2.22. The van der Waals surface area contributed by atoms with E-state index < -0.39 is 28.5 Å². The van der Waals surface area contributed by atoms with Crippen LogP contribution in [0, 0.1) is 5.92 Å². The zero-order chi connectivity index (χ0) is 27.9. The van der Waals surface area contributed by atoms with E-state index in [4.69, 9.17) is 4.74 Å². The fourth-order valence-corrected chi connectivity index (χ4v) is 5.34. The monoisotopic (exact) mass is 539 g/mol. The number of hydrogen-bond acceptors (Lipinski definition) is 5. The van der Waals surface area contributed by atoms with Gasteiger partial charge in [-0.1, -0.05) is 63.2 Å². The summed E-state index contributed by atoms with van der Waals surface area (Å²) >= 11 is 0. The maximum atomic E-state index is 13.7. The van der Waals surface area contributed by atoms with Crippen LogP contribution in [0.15, 0.2) is 71.6 Å². The Morgan fingerprint density at radius 2 is 1.68 bits per heavy atom. The Morgan fingerprint density at radius 1 is 0.974 bits per heavy atom. The Hall–Kier alpha value is -3.43. The number of fused-ring (bicyclic) bond motifs is 1.